The van der Waals surface area contributed by atoms with Crippen molar-refractivity contribution < 1.29 is 33.9 Å². The second-order valence-electron chi connectivity index (χ2n) is 8.81. The van der Waals surface area contributed by atoms with E-state index < -0.39 is 40.9 Å². The highest BCUT2D eigenvalue weighted by atomic mass is 32.2. The Morgan fingerprint density at radius 1 is 1.29 bits per heavy atom. The van der Waals surface area contributed by atoms with Gasteiger partial charge in [-0.25, -0.2) is 14.6 Å². The van der Waals surface area contributed by atoms with Crippen LogP contribution in [0.2, 0.25) is 0 Å². The van der Waals surface area contributed by atoms with E-state index in [1.165, 1.54) is 22.0 Å². The van der Waals surface area contributed by atoms with Crippen molar-refractivity contribution in [3.05, 3.63) is 70.2 Å². The van der Waals surface area contributed by atoms with Crippen molar-refractivity contribution in [2.45, 2.75) is 31.7 Å². The van der Waals surface area contributed by atoms with Gasteiger partial charge >= 0.3 is 11.9 Å². The number of nitrogen functional groups attached to an aromatic ring is 1. The molecule has 42 heavy (non-hydrogen) atoms. The zero-order chi connectivity index (χ0) is 30.2. The number of amides is 2. The Labute approximate surface area is 249 Å². The zero-order valence-electron chi connectivity index (χ0n) is 22.7. The van der Waals surface area contributed by atoms with Gasteiger partial charge < -0.3 is 25.7 Å². The molecule has 2 atom stereocenters. The Morgan fingerprint density at radius 3 is 2.74 bits per heavy atom. The maximum Gasteiger partial charge on any atom is 0.355 e. The molecule has 0 aliphatic carbocycles. The highest BCUT2D eigenvalue weighted by Gasteiger charge is 2.54. The first kappa shape index (κ1) is 30.5. The number of carbonyl (C=O) groups is 4. The molecule has 0 radical (unpaired) electrons. The number of rotatable bonds is 11. The maximum absolute atomic E-state index is 13.4. The first-order valence-corrected chi connectivity index (χ1v) is 14.7. The average molecular weight is 613 g/mol. The monoisotopic (exact) mass is 612 g/mol. The van der Waals surface area contributed by atoms with E-state index in [0.29, 0.717) is 17.7 Å². The Morgan fingerprint density at radius 2 is 2.10 bits per heavy atom. The zero-order valence-corrected chi connectivity index (χ0v) is 24.3. The van der Waals surface area contributed by atoms with Crippen LogP contribution in [0.1, 0.15) is 31.5 Å². The summed E-state index contributed by atoms with van der Waals surface area (Å²) in [6.07, 6.45) is 8.86. The summed E-state index contributed by atoms with van der Waals surface area (Å²) in [5.74, 6) is -2.50. The third-order valence-corrected chi connectivity index (χ3v) is 8.04. The van der Waals surface area contributed by atoms with Gasteiger partial charge in [0.15, 0.2) is 10.8 Å². The lowest BCUT2D eigenvalue weighted by Gasteiger charge is -2.49. The normalized spacial score (nSPS) is 18.9. The molecule has 220 valence electrons. The van der Waals surface area contributed by atoms with Crippen LogP contribution in [0.4, 0.5) is 5.13 Å². The molecular formula is C27H28N6O7S2. The number of nitrogens with one attached hydrogen (secondary N) is 1. The molecule has 0 spiro atoms. The number of anilines is 1. The molecule has 2 amide bonds. The van der Waals surface area contributed by atoms with Crippen LogP contribution in [0.25, 0.3) is 6.08 Å². The van der Waals surface area contributed by atoms with Crippen LogP contribution in [0.5, 0.6) is 0 Å². The fourth-order valence-corrected chi connectivity index (χ4v) is 6.00. The fourth-order valence-electron chi connectivity index (χ4n) is 4.13. The molecule has 2 aliphatic rings. The lowest BCUT2D eigenvalue weighted by atomic mass is 10.0. The van der Waals surface area contributed by atoms with Crippen molar-refractivity contribution in [2.75, 3.05) is 24.7 Å². The van der Waals surface area contributed by atoms with Crippen LogP contribution in [0.3, 0.4) is 0 Å². The van der Waals surface area contributed by atoms with Gasteiger partial charge in [0, 0.05) is 23.5 Å². The Kier molecular flexibility index (Phi) is 10.1. The number of thioether (sulfide) groups is 1. The second kappa shape index (κ2) is 13.9. The Hall–Kier alpha value is -4.50. The summed E-state index contributed by atoms with van der Waals surface area (Å²) in [5.41, 5.74) is 6.74. The van der Waals surface area contributed by atoms with E-state index in [1.54, 1.807) is 43.6 Å². The van der Waals surface area contributed by atoms with Crippen LogP contribution in [-0.4, -0.2) is 79.9 Å². The van der Waals surface area contributed by atoms with Crippen LogP contribution in [0, 0.1) is 0 Å². The second-order valence-corrected chi connectivity index (χ2v) is 10.8. The molecular weight excluding hydrogens is 584 g/mol. The molecule has 2 aromatic heterocycles. The number of aromatic nitrogens is 2. The van der Waals surface area contributed by atoms with Crippen molar-refractivity contribution in [3.8, 4) is 0 Å². The Bertz CT molecular complexity index is 1480. The minimum atomic E-state index is -1.02. The summed E-state index contributed by atoms with van der Waals surface area (Å²) in [6, 6.07) is 2.58. The number of fused-ring (bicyclic) bond motifs is 1. The van der Waals surface area contributed by atoms with E-state index in [1.807, 2.05) is 13.0 Å². The minimum absolute atomic E-state index is 0.00239. The largest absolute Gasteiger partial charge is 0.463 e. The molecule has 0 aromatic carbocycles. The Balaban J connectivity index is 1.57. The maximum atomic E-state index is 13.4. The molecule has 0 bridgehead atoms. The molecule has 4 heterocycles. The third kappa shape index (κ3) is 6.69. The molecule has 13 nitrogen and oxygen atoms in total. The van der Waals surface area contributed by atoms with E-state index in [4.69, 9.17) is 15.2 Å². The number of ether oxygens (including phenoxy) is 2. The van der Waals surface area contributed by atoms with Gasteiger partial charge in [0.2, 0.25) is 0 Å². The lowest BCUT2D eigenvalue weighted by Crippen LogP contribution is -2.71. The number of esters is 2. The van der Waals surface area contributed by atoms with Crippen molar-refractivity contribution in [1.29, 1.82) is 0 Å². The van der Waals surface area contributed by atoms with Gasteiger partial charge in [-0.2, -0.15) is 0 Å². The molecule has 2 aromatic rings. The highest BCUT2D eigenvalue weighted by molar-refractivity contribution is 8.00. The van der Waals surface area contributed by atoms with E-state index in [9.17, 15) is 24.4 Å². The fraction of sp³-hybridized carbons (Fsp3) is 0.296. The first-order chi connectivity index (χ1) is 20.3. The summed E-state index contributed by atoms with van der Waals surface area (Å²) >= 11 is 2.39. The molecule has 0 saturated carbocycles. The standard InChI is InChI=1S/C27H28N6O7S2/c1-3-6-16(25(36)39-4-2)12-40-26(37)21-17(9-8-15-7-5-10-29-11-15)13-41-24-20(23(35)33(21)24)31-22(34)19(32-38)18-14-42-27(28)30-18/h5-11,14,20,24,38H,3-4,12-13H2,1-2H3,(H2,28,30)(H,31,34)/b9-8-,16-6+,32-19-/t20-,24-/m1/s1. The number of hydrogen-bond donors (Lipinski definition) is 3. The molecule has 4 rings (SSSR count). The summed E-state index contributed by atoms with van der Waals surface area (Å²) < 4.78 is 10.6. The number of hydrogen-bond acceptors (Lipinski definition) is 13. The quantitative estimate of drug-likeness (QED) is 0.0842. The summed E-state index contributed by atoms with van der Waals surface area (Å²) in [5, 5.41) is 16.0. The topological polar surface area (TPSA) is 186 Å². The van der Waals surface area contributed by atoms with Gasteiger partial charge in [-0.15, -0.1) is 23.1 Å². The van der Waals surface area contributed by atoms with Gasteiger partial charge in [-0.3, -0.25) is 19.5 Å². The van der Waals surface area contributed by atoms with E-state index in [2.05, 4.69) is 20.4 Å². The number of oxime groups is 1. The van der Waals surface area contributed by atoms with Gasteiger partial charge in [0.1, 0.15) is 29.4 Å². The SMILES string of the molecule is CC/C=C(\COC(=O)C1=C(/C=C\c2cccnc2)CS[C@@H]2[C@H](NC(=O)/C(=N\O)c3csc(N)n3)C(=O)N12)C(=O)OCC. The molecule has 1 fully saturated rings. The molecule has 0 unspecified atom stereocenters. The number of nitrogens with zero attached hydrogens (tertiary/aromatic N) is 4. The van der Waals surface area contributed by atoms with Crippen molar-refractivity contribution in [3.63, 3.8) is 0 Å². The summed E-state index contributed by atoms with van der Waals surface area (Å²) in [4.78, 5) is 61.2. The molecule has 1 saturated heterocycles. The predicted octanol–water partition coefficient (Wildman–Crippen LogP) is 2.11. The van der Waals surface area contributed by atoms with Gasteiger partial charge in [-0.1, -0.05) is 36.4 Å². The van der Waals surface area contributed by atoms with Crippen LogP contribution < -0.4 is 11.1 Å². The van der Waals surface area contributed by atoms with Gasteiger partial charge in [0.25, 0.3) is 11.8 Å². The van der Waals surface area contributed by atoms with Crippen LogP contribution in [-0.2, 0) is 28.7 Å². The summed E-state index contributed by atoms with van der Waals surface area (Å²) in [7, 11) is 0. The van der Waals surface area contributed by atoms with Crippen molar-refractivity contribution in [2.24, 2.45) is 5.16 Å². The number of thiazole rings is 1. The third-order valence-electron chi connectivity index (χ3n) is 6.07. The molecule has 15 heteroatoms. The lowest BCUT2D eigenvalue weighted by molar-refractivity contribution is -0.152. The van der Waals surface area contributed by atoms with Gasteiger partial charge in [-0.05, 0) is 30.5 Å². The first-order valence-electron chi connectivity index (χ1n) is 12.8. The van der Waals surface area contributed by atoms with Crippen LogP contribution in [0.15, 0.2) is 64.1 Å². The van der Waals surface area contributed by atoms with Crippen molar-refractivity contribution in [1.82, 2.24) is 20.2 Å². The highest BCUT2D eigenvalue weighted by Crippen LogP contribution is 2.41. The van der Waals surface area contributed by atoms with Crippen LogP contribution >= 0.6 is 23.1 Å². The number of β-lactam (4-membered cyclic amide) rings is 1. The van der Waals surface area contributed by atoms with Crippen molar-refractivity contribution >= 4 is 63.8 Å². The number of allylic oxidation sites excluding steroid dienone is 2. The molecule has 4 N–H and O–H groups in total. The van der Waals surface area contributed by atoms with Gasteiger partial charge in [0.05, 0.1) is 12.2 Å². The predicted molar refractivity (Wildman–Crippen MR) is 156 cm³/mol. The number of nitrogens with two attached hydrogens (primary N) is 1. The average Bonchev–Trinajstić information content (AvgIpc) is 3.42. The van der Waals surface area contributed by atoms with E-state index >= 15 is 0 Å². The number of pyridine rings is 1. The number of carbonyl (C=O) groups excluding carboxylic acids is 4. The minimum Gasteiger partial charge on any atom is -0.463 e. The van der Waals surface area contributed by atoms with E-state index in [-0.39, 0.29) is 35.3 Å². The summed E-state index contributed by atoms with van der Waals surface area (Å²) in [6.45, 7) is 3.32. The smallest absolute Gasteiger partial charge is 0.355 e. The molecule has 2 aliphatic heterocycles. The van der Waals surface area contributed by atoms with E-state index in [0.717, 1.165) is 16.9 Å².